The second-order valence-electron chi connectivity index (χ2n) is 10.2. The minimum absolute atomic E-state index is 0.0597. The smallest absolute Gasteiger partial charge is 0.459 e. The molecule has 1 aromatic carbocycles. The number of rotatable bonds is 13. The summed E-state index contributed by atoms with van der Waals surface area (Å²) < 4.78 is 216. The predicted octanol–water partition coefficient (Wildman–Crippen LogP) is 7.44. The van der Waals surface area contributed by atoms with Gasteiger partial charge in [-0.05, 0) is 51.8 Å². The Hall–Kier alpha value is -3.13. The predicted molar refractivity (Wildman–Crippen MR) is 121 cm³/mol. The molecule has 0 amide bonds. The number of nitrogens with one attached hydrogen (secondary N) is 1. The molecule has 6 nitrogen and oxygen atoms in total. The Morgan fingerprint density at radius 2 is 1.16 bits per heavy atom. The van der Waals surface area contributed by atoms with Crippen LogP contribution >= 0.6 is 0 Å². The molecule has 1 aromatic rings. The van der Waals surface area contributed by atoms with Gasteiger partial charge in [0, 0.05) is 0 Å². The second-order valence-corrected chi connectivity index (χ2v) is 10.2. The first-order chi connectivity index (χ1) is 19.9. The average molecular weight is 691 g/mol. The first kappa shape index (κ1) is 39.9. The van der Waals surface area contributed by atoms with Gasteiger partial charge in [-0.15, -0.1) is 0 Å². The molecule has 0 radical (unpaired) electrons. The zero-order valence-electron chi connectivity index (χ0n) is 23.2. The van der Waals surface area contributed by atoms with E-state index in [4.69, 9.17) is 9.47 Å². The van der Waals surface area contributed by atoms with Gasteiger partial charge < -0.3 is 14.2 Å². The molecule has 1 unspecified atom stereocenters. The van der Waals surface area contributed by atoms with Crippen molar-refractivity contribution in [2.75, 3.05) is 13.2 Å². The van der Waals surface area contributed by atoms with E-state index in [0.717, 1.165) is 24.3 Å². The Kier molecular flexibility index (Phi) is 11.5. The number of alkyl halides is 15. The van der Waals surface area contributed by atoms with Gasteiger partial charge in [-0.1, -0.05) is 12.1 Å². The summed E-state index contributed by atoms with van der Waals surface area (Å²) in [5, 5.41) is 1.31. The molecule has 0 aromatic heterocycles. The average Bonchev–Trinajstić information content (AvgIpc) is 2.85. The van der Waals surface area contributed by atoms with E-state index in [0.29, 0.717) is 0 Å². The number of esters is 1. The van der Waals surface area contributed by atoms with E-state index in [1.54, 1.807) is 0 Å². The third-order valence-corrected chi connectivity index (χ3v) is 5.48. The fraction of sp³-hybridized carbons (Fsp3) is 0.667. The van der Waals surface area contributed by atoms with Crippen LogP contribution in [0.1, 0.15) is 33.3 Å². The van der Waals surface area contributed by atoms with E-state index < -0.39 is 78.4 Å². The highest BCUT2D eigenvalue weighted by molar-refractivity contribution is 5.76. The lowest BCUT2D eigenvalue weighted by atomic mass is 9.91. The molecule has 0 spiro atoms. The molecule has 260 valence electrons. The Morgan fingerprint density at radius 3 is 1.58 bits per heavy atom. The van der Waals surface area contributed by atoms with E-state index in [-0.39, 0.29) is 17.9 Å². The normalized spacial score (nSPS) is 15.0. The largest absolute Gasteiger partial charge is 0.513 e. The number of carbonyl (C=O) groups is 2. The maximum atomic E-state index is 14.4. The van der Waals surface area contributed by atoms with E-state index >= 15 is 0 Å². The van der Waals surface area contributed by atoms with Crippen molar-refractivity contribution in [2.24, 2.45) is 0 Å². The van der Waals surface area contributed by atoms with Gasteiger partial charge in [0.25, 0.3) is 0 Å². The van der Waals surface area contributed by atoms with Gasteiger partial charge in [0.2, 0.25) is 0 Å². The third-order valence-electron chi connectivity index (χ3n) is 5.48. The van der Waals surface area contributed by atoms with Crippen molar-refractivity contribution in [3.8, 4) is 5.75 Å². The Morgan fingerprint density at radius 1 is 0.711 bits per heavy atom. The maximum Gasteiger partial charge on any atom is 0.513 e. The quantitative estimate of drug-likeness (QED) is 0.132. The zero-order valence-corrected chi connectivity index (χ0v) is 23.2. The SMILES string of the molecule is CCOC(=O)Oc1ccc(CC(NCC(F)(F)C(F)(F)C(F)(F)C(F)(F)C(F)(F)C(F)(F)C(F)(F)F)C(=O)OC(C)(C)C)cc1. The van der Waals surface area contributed by atoms with Crippen LogP contribution in [0.2, 0.25) is 0 Å². The number of ether oxygens (including phenoxy) is 3. The van der Waals surface area contributed by atoms with Crippen molar-refractivity contribution in [1.82, 2.24) is 5.32 Å². The van der Waals surface area contributed by atoms with Gasteiger partial charge in [-0.25, -0.2) is 4.79 Å². The first-order valence-electron chi connectivity index (χ1n) is 12.1. The highest BCUT2D eigenvalue weighted by atomic mass is 19.4. The summed E-state index contributed by atoms with van der Waals surface area (Å²) >= 11 is 0. The molecule has 0 bridgehead atoms. The van der Waals surface area contributed by atoms with Crippen LogP contribution in [0.5, 0.6) is 5.75 Å². The summed E-state index contributed by atoms with van der Waals surface area (Å²) in [7, 11) is 0. The highest BCUT2D eigenvalue weighted by Crippen LogP contribution is 2.62. The fourth-order valence-electron chi connectivity index (χ4n) is 3.15. The molecule has 0 fully saturated rings. The summed E-state index contributed by atoms with van der Waals surface area (Å²) in [6.07, 6.45) is -9.68. The minimum Gasteiger partial charge on any atom is -0.459 e. The van der Waals surface area contributed by atoms with Crippen LogP contribution in [0, 0.1) is 0 Å². The minimum atomic E-state index is -8.43. The summed E-state index contributed by atoms with van der Waals surface area (Å²) in [5.74, 6) is -49.2. The lowest BCUT2D eigenvalue weighted by Crippen LogP contribution is -2.73. The molecular weight excluding hydrogens is 667 g/mol. The van der Waals surface area contributed by atoms with Crippen molar-refractivity contribution >= 4 is 12.1 Å². The summed E-state index contributed by atoms with van der Waals surface area (Å²) in [6, 6.07) is 2.03. The summed E-state index contributed by atoms with van der Waals surface area (Å²) in [6.45, 7) is 2.13. The Balaban J connectivity index is 3.39. The highest BCUT2D eigenvalue weighted by Gasteiger charge is 2.93. The number of halogens is 15. The van der Waals surface area contributed by atoms with Crippen molar-refractivity contribution in [3.63, 3.8) is 0 Å². The van der Waals surface area contributed by atoms with Gasteiger partial charge in [-0.3, -0.25) is 10.1 Å². The molecular formula is C24H24F15NO5. The van der Waals surface area contributed by atoms with E-state index in [1.165, 1.54) is 33.0 Å². The molecule has 0 aliphatic rings. The lowest BCUT2D eigenvalue weighted by Gasteiger charge is -2.41. The molecule has 0 heterocycles. The van der Waals surface area contributed by atoms with Crippen LogP contribution in [0.15, 0.2) is 24.3 Å². The van der Waals surface area contributed by atoms with Crippen molar-refractivity contribution in [2.45, 2.75) is 87.5 Å². The van der Waals surface area contributed by atoms with Gasteiger partial charge in [0.15, 0.2) is 0 Å². The maximum absolute atomic E-state index is 14.4. The lowest BCUT2D eigenvalue weighted by molar-refractivity contribution is -0.452. The van der Waals surface area contributed by atoms with Crippen LogP contribution in [0.3, 0.4) is 0 Å². The number of hydrogen-bond donors (Lipinski definition) is 1. The molecule has 1 atom stereocenters. The monoisotopic (exact) mass is 691 g/mol. The van der Waals surface area contributed by atoms with Gasteiger partial charge in [0.1, 0.15) is 17.4 Å². The molecule has 0 aliphatic carbocycles. The first-order valence-corrected chi connectivity index (χ1v) is 12.1. The standard InChI is InChI=1S/C24H24F15NO5/c1-5-43-16(42)44-13-8-6-12(7-9-13)10-14(15(41)45-17(2,3)4)40-11-18(25,26)19(27,28)20(29,30)21(31,32)22(33,34)23(35,36)24(37,38)39/h6-9,14,40H,5,10-11H2,1-4H3. The van der Waals surface area contributed by atoms with Crippen molar-refractivity contribution in [1.29, 1.82) is 0 Å². The number of hydrogen-bond acceptors (Lipinski definition) is 6. The van der Waals surface area contributed by atoms with E-state index in [2.05, 4.69) is 4.74 Å². The molecule has 1 N–H and O–H groups in total. The van der Waals surface area contributed by atoms with Gasteiger partial charge >= 0.3 is 53.8 Å². The second kappa shape index (κ2) is 12.9. The van der Waals surface area contributed by atoms with Crippen molar-refractivity contribution < 1.29 is 89.7 Å². The topological polar surface area (TPSA) is 73.9 Å². The summed E-state index contributed by atoms with van der Waals surface area (Å²) in [5.41, 5.74) is -1.47. The van der Waals surface area contributed by atoms with Crippen LogP contribution in [0.25, 0.3) is 0 Å². The van der Waals surface area contributed by atoms with Crippen LogP contribution in [-0.2, 0) is 20.7 Å². The Labute approximate surface area is 244 Å². The molecule has 45 heavy (non-hydrogen) atoms. The van der Waals surface area contributed by atoms with Gasteiger partial charge in [-0.2, -0.15) is 65.9 Å². The van der Waals surface area contributed by atoms with E-state index in [1.807, 2.05) is 0 Å². The zero-order chi connectivity index (χ0) is 35.7. The van der Waals surface area contributed by atoms with Crippen LogP contribution in [0.4, 0.5) is 70.7 Å². The molecule has 1 rings (SSSR count). The molecule has 0 saturated carbocycles. The molecule has 0 saturated heterocycles. The third kappa shape index (κ3) is 8.18. The molecule has 0 aliphatic heterocycles. The summed E-state index contributed by atoms with van der Waals surface area (Å²) in [4.78, 5) is 23.9. The van der Waals surface area contributed by atoms with Crippen LogP contribution < -0.4 is 10.1 Å². The number of carbonyl (C=O) groups excluding carboxylic acids is 2. The molecule has 21 heteroatoms. The number of benzene rings is 1. The fourth-order valence-corrected chi connectivity index (χ4v) is 3.15. The van der Waals surface area contributed by atoms with Gasteiger partial charge in [0.05, 0.1) is 13.2 Å². The Bertz CT molecular complexity index is 1180. The van der Waals surface area contributed by atoms with E-state index in [9.17, 15) is 75.4 Å². The van der Waals surface area contributed by atoms with Crippen LogP contribution in [-0.4, -0.2) is 78.6 Å². The van der Waals surface area contributed by atoms with Crippen molar-refractivity contribution in [3.05, 3.63) is 29.8 Å².